The van der Waals surface area contributed by atoms with Crippen LogP contribution in [0.4, 0.5) is 5.69 Å². The van der Waals surface area contributed by atoms with Gasteiger partial charge in [0.25, 0.3) is 5.91 Å². The first kappa shape index (κ1) is 14.9. The molecule has 1 N–H and O–H groups in total. The van der Waals surface area contributed by atoms with E-state index < -0.39 is 0 Å². The summed E-state index contributed by atoms with van der Waals surface area (Å²) in [5.74, 6) is 1.08. The number of rotatable bonds is 4. The van der Waals surface area contributed by atoms with Gasteiger partial charge < -0.3 is 14.8 Å². The molecule has 0 aliphatic carbocycles. The van der Waals surface area contributed by atoms with Crippen molar-refractivity contribution in [2.24, 2.45) is 0 Å². The number of carbonyl (C=O) groups excluding carboxylic acids is 1. The zero-order valence-electron chi connectivity index (χ0n) is 12.7. The van der Waals surface area contributed by atoms with Crippen LogP contribution in [0.2, 0.25) is 0 Å². The van der Waals surface area contributed by atoms with E-state index in [1.807, 2.05) is 32.0 Å². The molecule has 0 atom stereocenters. The Morgan fingerprint density at radius 1 is 0.952 bits per heavy atom. The fourth-order valence-corrected chi connectivity index (χ4v) is 2.20. The molecule has 21 heavy (non-hydrogen) atoms. The van der Waals surface area contributed by atoms with E-state index in [1.54, 1.807) is 32.4 Å². The SMILES string of the molecule is COc1ccc(NC(=O)c2cc(C)cc(C)c2)c(OC)c1. The predicted octanol–water partition coefficient (Wildman–Crippen LogP) is 3.57. The Morgan fingerprint density at radius 2 is 1.62 bits per heavy atom. The second-order valence-corrected chi connectivity index (χ2v) is 4.90. The Kier molecular flexibility index (Phi) is 4.48. The lowest BCUT2D eigenvalue weighted by molar-refractivity contribution is 0.102. The quantitative estimate of drug-likeness (QED) is 0.934. The average molecular weight is 285 g/mol. The third-order valence-electron chi connectivity index (χ3n) is 3.14. The Balaban J connectivity index is 2.26. The first-order chi connectivity index (χ1) is 10.0. The lowest BCUT2D eigenvalue weighted by atomic mass is 10.1. The Morgan fingerprint density at radius 3 is 2.19 bits per heavy atom. The molecule has 0 aromatic heterocycles. The topological polar surface area (TPSA) is 47.6 Å². The molecule has 0 aliphatic rings. The molecule has 0 saturated heterocycles. The van der Waals surface area contributed by atoms with Crippen LogP contribution >= 0.6 is 0 Å². The zero-order valence-corrected chi connectivity index (χ0v) is 12.7. The van der Waals surface area contributed by atoms with Crippen LogP contribution in [-0.4, -0.2) is 20.1 Å². The molecule has 0 saturated carbocycles. The molecule has 0 radical (unpaired) electrons. The molecule has 2 rings (SSSR count). The summed E-state index contributed by atoms with van der Waals surface area (Å²) in [6.07, 6.45) is 0. The molecule has 4 nitrogen and oxygen atoms in total. The summed E-state index contributed by atoms with van der Waals surface area (Å²) in [7, 11) is 3.14. The van der Waals surface area contributed by atoms with E-state index in [0.717, 1.165) is 11.1 Å². The molecule has 0 heterocycles. The summed E-state index contributed by atoms with van der Waals surface area (Å²) in [4.78, 5) is 12.3. The Bertz CT molecular complexity index is 645. The van der Waals surface area contributed by atoms with Crippen LogP contribution in [-0.2, 0) is 0 Å². The number of aryl methyl sites for hydroxylation is 2. The molecule has 0 spiro atoms. The second kappa shape index (κ2) is 6.31. The molecule has 0 fully saturated rings. The van der Waals surface area contributed by atoms with Gasteiger partial charge in [-0.2, -0.15) is 0 Å². The molecular formula is C17H19NO3. The van der Waals surface area contributed by atoms with Gasteiger partial charge in [0.15, 0.2) is 0 Å². The summed E-state index contributed by atoms with van der Waals surface area (Å²) in [5, 5.41) is 2.86. The number of nitrogens with one attached hydrogen (secondary N) is 1. The summed E-state index contributed by atoms with van der Waals surface area (Å²) in [5.41, 5.74) is 3.36. The molecular weight excluding hydrogens is 266 g/mol. The number of ether oxygens (including phenoxy) is 2. The lowest BCUT2D eigenvalue weighted by Gasteiger charge is -2.12. The van der Waals surface area contributed by atoms with Crippen molar-refractivity contribution in [3.05, 3.63) is 53.1 Å². The van der Waals surface area contributed by atoms with Gasteiger partial charge in [-0.05, 0) is 38.1 Å². The van der Waals surface area contributed by atoms with Gasteiger partial charge in [-0.15, -0.1) is 0 Å². The highest BCUT2D eigenvalue weighted by atomic mass is 16.5. The van der Waals surface area contributed by atoms with Crippen molar-refractivity contribution in [2.45, 2.75) is 13.8 Å². The van der Waals surface area contributed by atoms with Crippen molar-refractivity contribution >= 4 is 11.6 Å². The summed E-state index contributed by atoms with van der Waals surface area (Å²) < 4.78 is 10.4. The molecule has 1 amide bonds. The molecule has 2 aromatic carbocycles. The van der Waals surface area contributed by atoms with Crippen LogP contribution in [0.1, 0.15) is 21.5 Å². The number of carbonyl (C=O) groups is 1. The Labute approximate surface area is 124 Å². The number of hydrogen-bond acceptors (Lipinski definition) is 3. The molecule has 0 unspecified atom stereocenters. The first-order valence-corrected chi connectivity index (χ1v) is 6.65. The van der Waals surface area contributed by atoms with Crippen LogP contribution in [0.15, 0.2) is 36.4 Å². The van der Waals surface area contributed by atoms with E-state index in [9.17, 15) is 4.79 Å². The van der Waals surface area contributed by atoms with Gasteiger partial charge in [0.1, 0.15) is 11.5 Å². The standard InChI is InChI=1S/C17H19NO3/c1-11-7-12(2)9-13(8-11)17(19)18-15-6-5-14(20-3)10-16(15)21-4/h5-10H,1-4H3,(H,18,19). The van der Waals surface area contributed by atoms with Crippen molar-refractivity contribution in [2.75, 3.05) is 19.5 Å². The van der Waals surface area contributed by atoms with Crippen molar-refractivity contribution in [3.8, 4) is 11.5 Å². The number of amides is 1. The van der Waals surface area contributed by atoms with Crippen molar-refractivity contribution in [1.29, 1.82) is 0 Å². The fraction of sp³-hybridized carbons (Fsp3) is 0.235. The van der Waals surface area contributed by atoms with Gasteiger partial charge in [-0.3, -0.25) is 4.79 Å². The van der Waals surface area contributed by atoms with Crippen LogP contribution in [0.3, 0.4) is 0 Å². The minimum atomic E-state index is -0.162. The summed E-state index contributed by atoms with van der Waals surface area (Å²) in [6, 6.07) is 11.0. The van der Waals surface area contributed by atoms with Crippen molar-refractivity contribution in [3.63, 3.8) is 0 Å². The molecule has 0 bridgehead atoms. The molecule has 110 valence electrons. The maximum atomic E-state index is 12.3. The third-order valence-corrected chi connectivity index (χ3v) is 3.14. The molecule has 4 heteroatoms. The smallest absolute Gasteiger partial charge is 0.255 e. The maximum Gasteiger partial charge on any atom is 0.255 e. The second-order valence-electron chi connectivity index (χ2n) is 4.90. The summed E-state index contributed by atoms with van der Waals surface area (Å²) in [6.45, 7) is 3.94. The van der Waals surface area contributed by atoms with Crippen molar-refractivity contribution < 1.29 is 14.3 Å². The van der Waals surface area contributed by atoms with Gasteiger partial charge in [-0.1, -0.05) is 17.2 Å². The maximum absolute atomic E-state index is 12.3. The largest absolute Gasteiger partial charge is 0.497 e. The molecule has 0 aliphatic heterocycles. The minimum absolute atomic E-state index is 0.162. The van der Waals surface area contributed by atoms with Gasteiger partial charge in [-0.25, -0.2) is 0 Å². The summed E-state index contributed by atoms with van der Waals surface area (Å²) >= 11 is 0. The average Bonchev–Trinajstić information content (AvgIpc) is 2.46. The number of hydrogen-bond donors (Lipinski definition) is 1. The van der Waals surface area contributed by atoms with Crippen LogP contribution < -0.4 is 14.8 Å². The van der Waals surface area contributed by atoms with Crippen molar-refractivity contribution in [1.82, 2.24) is 0 Å². The normalized spacial score (nSPS) is 10.1. The van der Waals surface area contributed by atoms with E-state index in [1.165, 1.54) is 0 Å². The fourth-order valence-electron chi connectivity index (χ4n) is 2.20. The van der Waals surface area contributed by atoms with Gasteiger partial charge in [0, 0.05) is 11.6 Å². The minimum Gasteiger partial charge on any atom is -0.497 e. The van der Waals surface area contributed by atoms with Gasteiger partial charge in [0.05, 0.1) is 19.9 Å². The number of anilines is 1. The van der Waals surface area contributed by atoms with E-state index in [2.05, 4.69) is 5.32 Å². The zero-order chi connectivity index (χ0) is 15.4. The highest BCUT2D eigenvalue weighted by Gasteiger charge is 2.11. The number of benzene rings is 2. The van der Waals surface area contributed by atoms with Gasteiger partial charge in [0.2, 0.25) is 0 Å². The van der Waals surface area contributed by atoms with E-state index in [4.69, 9.17) is 9.47 Å². The van der Waals surface area contributed by atoms with Crippen LogP contribution in [0.5, 0.6) is 11.5 Å². The highest BCUT2D eigenvalue weighted by molar-refractivity contribution is 6.05. The predicted molar refractivity (Wildman–Crippen MR) is 83.4 cm³/mol. The van der Waals surface area contributed by atoms with E-state index >= 15 is 0 Å². The monoisotopic (exact) mass is 285 g/mol. The Hall–Kier alpha value is -2.49. The van der Waals surface area contributed by atoms with E-state index in [0.29, 0.717) is 22.7 Å². The van der Waals surface area contributed by atoms with Gasteiger partial charge >= 0.3 is 0 Å². The highest BCUT2D eigenvalue weighted by Crippen LogP contribution is 2.29. The third kappa shape index (κ3) is 3.54. The first-order valence-electron chi connectivity index (χ1n) is 6.65. The van der Waals surface area contributed by atoms with E-state index in [-0.39, 0.29) is 5.91 Å². The molecule has 2 aromatic rings. The van der Waals surface area contributed by atoms with Crippen LogP contribution in [0.25, 0.3) is 0 Å². The lowest BCUT2D eigenvalue weighted by Crippen LogP contribution is -2.13. The van der Waals surface area contributed by atoms with Crippen LogP contribution in [0, 0.1) is 13.8 Å². The number of methoxy groups -OCH3 is 2.